The van der Waals surface area contributed by atoms with E-state index in [0.29, 0.717) is 12.2 Å². The second-order valence-electron chi connectivity index (χ2n) is 7.55. The number of aromatic nitrogens is 3. The van der Waals surface area contributed by atoms with Crippen molar-refractivity contribution in [3.8, 4) is 11.3 Å². The van der Waals surface area contributed by atoms with E-state index < -0.39 is 12.1 Å². The van der Waals surface area contributed by atoms with Crippen molar-refractivity contribution in [3.63, 3.8) is 0 Å². The number of carbonyl (C=O) groups excluding carboxylic acids is 2. The lowest BCUT2D eigenvalue weighted by molar-refractivity contribution is -0.150. The first-order valence-electron chi connectivity index (χ1n) is 10.3. The number of carbonyl (C=O) groups is 2. The molecule has 1 aliphatic carbocycles. The summed E-state index contributed by atoms with van der Waals surface area (Å²) in [5.74, 6) is -0.845. The predicted octanol–water partition coefficient (Wildman–Crippen LogP) is 3.22. The van der Waals surface area contributed by atoms with E-state index in [-0.39, 0.29) is 11.9 Å². The summed E-state index contributed by atoms with van der Waals surface area (Å²) in [6.45, 7) is 2.17. The smallest absolute Gasteiger partial charge is 0.331 e. The second-order valence-corrected chi connectivity index (χ2v) is 7.55. The lowest BCUT2D eigenvalue weighted by atomic mass is 10.1. The standard InChI is InChI=1S/C24H24N4O3/c1-17(24(30)26-21-10-11-21)31-22(29)12-9-20-16-28(15-18-6-3-2-4-7-18)27-23(20)19-8-5-13-25-14-19/h2-9,12-14,16-17,21H,10-11,15H2,1H3,(H,26,30)/b12-9+/t17-/m0/s1. The molecule has 0 aliphatic heterocycles. The highest BCUT2D eigenvalue weighted by Crippen LogP contribution is 2.23. The third-order valence-electron chi connectivity index (χ3n) is 4.90. The van der Waals surface area contributed by atoms with E-state index in [0.717, 1.165) is 29.5 Å². The largest absolute Gasteiger partial charge is 0.449 e. The second kappa shape index (κ2) is 9.38. The maximum absolute atomic E-state index is 12.2. The number of hydrogen-bond acceptors (Lipinski definition) is 5. The van der Waals surface area contributed by atoms with Crippen LogP contribution in [0.2, 0.25) is 0 Å². The number of amides is 1. The van der Waals surface area contributed by atoms with Crippen molar-refractivity contribution in [1.82, 2.24) is 20.1 Å². The van der Waals surface area contributed by atoms with Crippen molar-refractivity contribution in [1.29, 1.82) is 0 Å². The molecule has 1 fully saturated rings. The maximum Gasteiger partial charge on any atom is 0.331 e. The van der Waals surface area contributed by atoms with Crippen LogP contribution >= 0.6 is 0 Å². The van der Waals surface area contributed by atoms with Gasteiger partial charge in [0.05, 0.1) is 6.54 Å². The van der Waals surface area contributed by atoms with E-state index in [1.165, 1.54) is 6.08 Å². The maximum atomic E-state index is 12.2. The summed E-state index contributed by atoms with van der Waals surface area (Å²) < 4.78 is 7.06. The lowest BCUT2D eigenvalue weighted by Crippen LogP contribution is -2.36. The molecule has 1 amide bonds. The van der Waals surface area contributed by atoms with Crippen molar-refractivity contribution in [2.45, 2.75) is 38.5 Å². The van der Waals surface area contributed by atoms with Crippen LogP contribution in [0.1, 0.15) is 30.9 Å². The highest BCUT2D eigenvalue weighted by Gasteiger charge is 2.26. The zero-order valence-corrected chi connectivity index (χ0v) is 17.3. The molecule has 1 N–H and O–H groups in total. The van der Waals surface area contributed by atoms with Gasteiger partial charge in [-0.25, -0.2) is 4.79 Å². The van der Waals surface area contributed by atoms with Crippen LogP contribution < -0.4 is 5.32 Å². The van der Waals surface area contributed by atoms with Gasteiger partial charge >= 0.3 is 5.97 Å². The van der Waals surface area contributed by atoms with Gasteiger partial charge in [0, 0.05) is 41.8 Å². The summed E-state index contributed by atoms with van der Waals surface area (Å²) in [6.07, 6.45) is 9.42. The number of nitrogens with zero attached hydrogens (tertiary/aromatic N) is 3. The van der Waals surface area contributed by atoms with Crippen LogP contribution in [0.5, 0.6) is 0 Å². The molecule has 3 aromatic rings. The first-order valence-corrected chi connectivity index (χ1v) is 10.3. The topological polar surface area (TPSA) is 86.1 Å². The van der Waals surface area contributed by atoms with Gasteiger partial charge in [-0.2, -0.15) is 5.10 Å². The van der Waals surface area contributed by atoms with E-state index in [1.54, 1.807) is 25.4 Å². The van der Waals surface area contributed by atoms with E-state index in [4.69, 9.17) is 9.84 Å². The Bertz CT molecular complexity index is 1070. The van der Waals surface area contributed by atoms with Crippen LogP contribution in [0.25, 0.3) is 17.3 Å². The molecule has 0 bridgehead atoms. The molecule has 0 unspecified atom stereocenters. The Morgan fingerprint density at radius 1 is 1.23 bits per heavy atom. The number of nitrogens with one attached hydrogen (secondary N) is 1. The normalized spacial score (nSPS) is 14.4. The summed E-state index contributed by atoms with van der Waals surface area (Å²) in [5, 5.41) is 7.52. The molecular formula is C24H24N4O3. The van der Waals surface area contributed by atoms with Crippen LogP contribution in [-0.4, -0.2) is 38.8 Å². The minimum atomic E-state index is -0.837. The van der Waals surface area contributed by atoms with Gasteiger partial charge in [0.25, 0.3) is 5.91 Å². The quantitative estimate of drug-likeness (QED) is 0.450. The minimum absolute atomic E-state index is 0.224. The zero-order valence-electron chi connectivity index (χ0n) is 17.3. The molecule has 2 aromatic heterocycles. The first kappa shape index (κ1) is 20.5. The zero-order chi connectivity index (χ0) is 21.6. The molecule has 1 aliphatic rings. The fourth-order valence-corrected chi connectivity index (χ4v) is 3.11. The van der Waals surface area contributed by atoms with Gasteiger partial charge in [0.2, 0.25) is 0 Å². The molecule has 0 spiro atoms. The van der Waals surface area contributed by atoms with E-state index >= 15 is 0 Å². The summed E-state index contributed by atoms with van der Waals surface area (Å²) in [6, 6.07) is 14.0. The van der Waals surface area contributed by atoms with Gasteiger partial charge in [-0.3, -0.25) is 14.5 Å². The lowest BCUT2D eigenvalue weighted by Gasteiger charge is -2.11. The van der Waals surface area contributed by atoms with Crippen LogP contribution in [0, 0.1) is 0 Å². The SMILES string of the molecule is C[C@H](OC(=O)/C=C/c1cn(Cc2ccccc2)nc1-c1cccnc1)C(=O)NC1CC1. The van der Waals surface area contributed by atoms with Crippen molar-refractivity contribution in [2.75, 3.05) is 0 Å². The number of esters is 1. The van der Waals surface area contributed by atoms with Crippen LogP contribution in [0.4, 0.5) is 0 Å². The van der Waals surface area contributed by atoms with Gasteiger partial charge in [-0.15, -0.1) is 0 Å². The Hall–Kier alpha value is -3.74. The highest BCUT2D eigenvalue weighted by atomic mass is 16.5. The molecule has 4 rings (SSSR count). The van der Waals surface area contributed by atoms with Crippen molar-refractivity contribution >= 4 is 18.0 Å². The predicted molar refractivity (Wildman–Crippen MR) is 117 cm³/mol. The fourth-order valence-electron chi connectivity index (χ4n) is 3.11. The van der Waals surface area contributed by atoms with Gasteiger partial charge in [0.15, 0.2) is 6.10 Å². The highest BCUT2D eigenvalue weighted by molar-refractivity contribution is 5.91. The van der Waals surface area contributed by atoms with Crippen molar-refractivity contribution in [2.24, 2.45) is 0 Å². The minimum Gasteiger partial charge on any atom is -0.449 e. The summed E-state index contributed by atoms with van der Waals surface area (Å²) in [5.41, 5.74) is 3.44. The van der Waals surface area contributed by atoms with Crippen LogP contribution in [0.15, 0.2) is 67.1 Å². The molecule has 0 saturated heterocycles. The Morgan fingerprint density at radius 3 is 2.74 bits per heavy atom. The Kier molecular flexibility index (Phi) is 6.21. The fraction of sp³-hybridized carbons (Fsp3) is 0.250. The monoisotopic (exact) mass is 416 g/mol. The molecule has 1 atom stereocenters. The third-order valence-corrected chi connectivity index (χ3v) is 4.90. The van der Waals surface area contributed by atoms with Gasteiger partial charge in [-0.1, -0.05) is 30.3 Å². The first-order chi connectivity index (χ1) is 15.1. The summed E-state index contributed by atoms with van der Waals surface area (Å²) in [7, 11) is 0. The molecule has 2 heterocycles. The number of hydrogen-bond donors (Lipinski definition) is 1. The molecule has 1 saturated carbocycles. The van der Waals surface area contributed by atoms with Gasteiger partial charge in [-0.05, 0) is 43.5 Å². The number of ether oxygens (including phenoxy) is 1. The average molecular weight is 416 g/mol. The molecule has 7 nitrogen and oxygen atoms in total. The van der Waals surface area contributed by atoms with E-state index in [2.05, 4.69) is 10.3 Å². The van der Waals surface area contributed by atoms with Gasteiger partial charge < -0.3 is 10.1 Å². The summed E-state index contributed by atoms with van der Waals surface area (Å²) in [4.78, 5) is 28.4. The Balaban J connectivity index is 1.50. The Labute approximate surface area is 180 Å². The van der Waals surface area contributed by atoms with Gasteiger partial charge in [0.1, 0.15) is 5.69 Å². The van der Waals surface area contributed by atoms with Crippen LogP contribution in [0.3, 0.4) is 0 Å². The number of pyridine rings is 1. The average Bonchev–Trinajstić information content (AvgIpc) is 3.51. The number of rotatable bonds is 8. The van der Waals surface area contributed by atoms with E-state index in [9.17, 15) is 9.59 Å². The molecular weight excluding hydrogens is 392 g/mol. The van der Waals surface area contributed by atoms with Crippen LogP contribution in [-0.2, 0) is 20.9 Å². The molecule has 31 heavy (non-hydrogen) atoms. The number of benzene rings is 1. The summed E-state index contributed by atoms with van der Waals surface area (Å²) >= 11 is 0. The molecule has 7 heteroatoms. The Morgan fingerprint density at radius 2 is 2.03 bits per heavy atom. The molecule has 1 aromatic carbocycles. The molecule has 158 valence electrons. The third kappa shape index (κ3) is 5.66. The molecule has 0 radical (unpaired) electrons. The van der Waals surface area contributed by atoms with Crippen molar-refractivity contribution < 1.29 is 14.3 Å². The van der Waals surface area contributed by atoms with Crippen molar-refractivity contribution in [3.05, 3.63) is 78.3 Å². The van der Waals surface area contributed by atoms with E-state index in [1.807, 2.05) is 53.3 Å².